The Morgan fingerprint density at radius 2 is 1.54 bits per heavy atom. The number of fused-ring (bicyclic) bond motifs is 1. The summed E-state index contributed by atoms with van der Waals surface area (Å²) in [5, 5.41) is 0.895. The lowest BCUT2D eigenvalue weighted by Gasteiger charge is -2.17. The van der Waals surface area contributed by atoms with Crippen molar-refractivity contribution in [1.82, 2.24) is 4.98 Å². The average molecular weight is 340 g/mol. The molecule has 0 amide bonds. The summed E-state index contributed by atoms with van der Waals surface area (Å²) in [4.78, 5) is 4.67. The molecule has 0 aliphatic heterocycles. The van der Waals surface area contributed by atoms with Crippen molar-refractivity contribution in [2.75, 3.05) is 4.72 Å². The molecule has 0 aliphatic carbocycles. The van der Waals surface area contributed by atoms with E-state index in [2.05, 4.69) is 9.71 Å². The molecule has 0 unspecified atom stereocenters. The van der Waals surface area contributed by atoms with E-state index in [-0.39, 0.29) is 0 Å². The van der Waals surface area contributed by atoms with Crippen LogP contribution in [0.15, 0.2) is 47.5 Å². The molecular weight excluding hydrogens is 320 g/mol. The van der Waals surface area contributed by atoms with Gasteiger partial charge in [-0.05, 0) is 62.1 Å². The van der Waals surface area contributed by atoms with Gasteiger partial charge in [0, 0.05) is 11.6 Å². The third-order valence-electron chi connectivity index (χ3n) is 4.44. The molecule has 0 saturated carbocycles. The van der Waals surface area contributed by atoms with Crippen LogP contribution in [0.25, 0.3) is 10.9 Å². The Kier molecular flexibility index (Phi) is 4.05. The van der Waals surface area contributed by atoms with Gasteiger partial charge in [-0.25, -0.2) is 8.42 Å². The Hall–Kier alpha value is -2.40. The molecule has 0 atom stereocenters. The fourth-order valence-corrected chi connectivity index (χ4v) is 4.65. The van der Waals surface area contributed by atoms with Crippen LogP contribution in [-0.2, 0) is 10.0 Å². The average Bonchev–Trinajstić information content (AvgIpc) is 2.53. The molecule has 0 saturated heterocycles. The van der Waals surface area contributed by atoms with Gasteiger partial charge >= 0.3 is 0 Å². The molecule has 1 aromatic heterocycles. The SMILES string of the molecule is Cc1cc(C)c(C)c(S(=O)(=O)Nc2cccc3cccnc23)c1C. The highest BCUT2D eigenvalue weighted by Gasteiger charge is 2.23. The zero-order valence-corrected chi connectivity index (χ0v) is 15.0. The van der Waals surface area contributed by atoms with E-state index < -0.39 is 10.0 Å². The number of aromatic nitrogens is 1. The Balaban J connectivity index is 2.16. The fraction of sp³-hybridized carbons (Fsp3) is 0.211. The van der Waals surface area contributed by atoms with E-state index in [0.29, 0.717) is 16.1 Å². The summed E-state index contributed by atoms with van der Waals surface area (Å²) in [5.74, 6) is 0. The first-order chi connectivity index (χ1) is 11.3. The van der Waals surface area contributed by atoms with E-state index >= 15 is 0 Å². The van der Waals surface area contributed by atoms with Gasteiger partial charge in [0.15, 0.2) is 0 Å². The van der Waals surface area contributed by atoms with Gasteiger partial charge in [0.2, 0.25) is 0 Å². The summed E-state index contributed by atoms with van der Waals surface area (Å²) in [5.41, 5.74) is 4.62. The highest BCUT2D eigenvalue weighted by atomic mass is 32.2. The topological polar surface area (TPSA) is 59.1 Å². The minimum atomic E-state index is -3.70. The van der Waals surface area contributed by atoms with Crippen LogP contribution in [0.4, 0.5) is 5.69 Å². The lowest BCUT2D eigenvalue weighted by Crippen LogP contribution is -2.17. The molecule has 0 bridgehead atoms. The predicted octanol–water partition coefficient (Wildman–Crippen LogP) is 4.27. The monoisotopic (exact) mass is 340 g/mol. The van der Waals surface area contributed by atoms with E-state index in [4.69, 9.17) is 0 Å². The van der Waals surface area contributed by atoms with Gasteiger partial charge in [0.25, 0.3) is 10.0 Å². The van der Waals surface area contributed by atoms with Crippen LogP contribution < -0.4 is 4.72 Å². The molecule has 1 N–H and O–H groups in total. The summed E-state index contributed by atoms with van der Waals surface area (Å²) >= 11 is 0. The van der Waals surface area contributed by atoms with Crippen molar-refractivity contribution >= 4 is 26.6 Å². The van der Waals surface area contributed by atoms with Gasteiger partial charge in [-0.15, -0.1) is 0 Å². The van der Waals surface area contributed by atoms with Crippen molar-refractivity contribution in [3.05, 3.63) is 64.8 Å². The minimum Gasteiger partial charge on any atom is -0.277 e. The summed E-state index contributed by atoms with van der Waals surface area (Å²) in [6.07, 6.45) is 1.66. The molecular formula is C19H20N2O2S. The molecule has 0 aliphatic rings. The number of sulfonamides is 1. The maximum absolute atomic E-state index is 13.1. The van der Waals surface area contributed by atoms with Crippen LogP contribution >= 0.6 is 0 Å². The smallest absolute Gasteiger partial charge is 0.262 e. The Bertz CT molecular complexity index is 1010. The normalized spacial score (nSPS) is 11.7. The van der Waals surface area contributed by atoms with E-state index in [1.54, 1.807) is 12.3 Å². The number of para-hydroxylation sites is 1. The van der Waals surface area contributed by atoms with Crippen molar-refractivity contribution in [3.8, 4) is 0 Å². The van der Waals surface area contributed by atoms with Crippen molar-refractivity contribution < 1.29 is 8.42 Å². The van der Waals surface area contributed by atoms with Crippen LogP contribution in [0.1, 0.15) is 22.3 Å². The predicted molar refractivity (Wildman–Crippen MR) is 97.9 cm³/mol. The van der Waals surface area contributed by atoms with E-state index in [1.807, 2.05) is 58.0 Å². The Morgan fingerprint density at radius 3 is 2.21 bits per heavy atom. The second kappa shape index (κ2) is 5.91. The van der Waals surface area contributed by atoms with Crippen LogP contribution in [0.2, 0.25) is 0 Å². The molecule has 0 fully saturated rings. The highest BCUT2D eigenvalue weighted by Crippen LogP contribution is 2.29. The number of benzene rings is 2. The van der Waals surface area contributed by atoms with Gasteiger partial charge in [0.1, 0.15) is 0 Å². The molecule has 2 aromatic carbocycles. The summed E-state index contributed by atoms with van der Waals surface area (Å²) in [7, 11) is -3.70. The summed E-state index contributed by atoms with van der Waals surface area (Å²) < 4.78 is 28.8. The zero-order chi connectivity index (χ0) is 17.5. The minimum absolute atomic E-state index is 0.355. The van der Waals surface area contributed by atoms with Gasteiger partial charge < -0.3 is 0 Å². The first-order valence-corrected chi connectivity index (χ1v) is 9.23. The lowest BCUT2D eigenvalue weighted by molar-refractivity contribution is 0.599. The number of aryl methyl sites for hydroxylation is 2. The Labute approximate surface area is 142 Å². The van der Waals surface area contributed by atoms with Gasteiger partial charge in [-0.3, -0.25) is 9.71 Å². The van der Waals surface area contributed by atoms with E-state index in [9.17, 15) is 8.42 Å². The zero-order valence-electron chi connectivity index (χ0n) is 14.2. The van der Waals surface area contributed by atoms with Crippen molar-refractivity contribution in [2.45, 2.75) is 32.6 Å². The standard InChI is InChI=1S/C19H20N2O2S/c1-12-11-13(2)15(4)19(14(12)3)24(22,23)21-17-9-5-7-16-8-6-10-20-18(16)17/h5-11,21H,1-4H3. The van der Waals surface area contributed by atoms with E-state index in [0.717, 1.165) is 27.6 Å². The van der Waals surface area contributed by atoms with Gasteiger partial charge in [0.05, 0.1) is 16.1 Å². The van der Waals surface area contributed by atoms with Crippen molar-refractivity contribution in [1.29, 1.82) is 0 Å². The quantitative estimate of drug-likeness (QED) is 0.774. The first kappa shape index (κ1) is 16.5. The molecule has 24 heavy (non-hydrogen) atoms. The molecule has 3 rings (SSSR count). The number of nitrogens with one attached hydrogen (secondary N) is 1. The molecule has 124 valence electrons. The van der Waals surface area contributed by atoms with Crippen LogP contribution in [-0.4, -0.2) is 13.4 Å². The van der Waals surface area contributed by atoms with Crippen LogP contribution in [0.3, 0.4) is 0 Å². The van der Waals surface area contributed by atoms with Gasteiger partial charge in [-0.1, -0.05) is 24.3 Å². The number of hydrogen-bond donors (Lipinski definition) is 1. The molecule has 4 nitrogen and oxygen atoms in total. The number of anilines is 1. The molecule has 0 radical (unpaired) electrons. The van der Waals surface area contributed by atoms with E-state index in [1.165, 1.54) is 0 Å². The maximum Gasteiger partial charge on any atom is 0.262 e. The summed E-state index contributed by atoms with van der Waals surface area (Å²) in [6.45, 7) is 7.55. The fourth-order valence-electron chi connectivity index (χ4n) is 2.97. The highest BCUT2D eigenvalue weighted by molar-refractivity contribution is 7.92. The van der Waals surface area contributed by atoms with Crippen molar-refractivity contribution in [3.63, 3.8) is 0 Å². The third kappa shape index (κ3) is 2.76. The largest absolute Gasteiger partial charge is 0.277 e. The van der Waals surface area contributed by atoms with Gasteiger partial charge in [-0.2, -0.15) is 0 Å². The molecule has 0 spiro atoms. The lowest BCUT2D eigenvalue weighted by atomic mass is 10.0. The Morgan fingerprint density at radius 1 is 0.917 bits per heavy atom. The summed E-state index contributed by atoms with van der Waals surface area (Å²) in [6, 6.07) is 11.2. The molecule has 5 heteroatoms. The second-order valence-corrected chi connectivity index (χ2v) is 7.69. The number of hydrogen-bond acceptors (Lipinski definition) is 3. The number of pyridine rings is 1. The third-order valence-corrected chi connectivity index (χ3v) is 6.08. The molecule has 1 heterocycles. The van der Waals surface area contributed by atoms with Crippen molar-refractivity contribution in [2.24, 2.45) is 0 Å². The first-order valence-electron chi connectivity index (χ1n) is 7.75. The second-order valence-electron chi connectivity index (χ2n) is 6.08. The number of rotatable bonds is 3. The van der Waals surface area contributed by atoms with Crippen LogP contribution in [0.5, 0.6) is 0 Å². The molecule has 3 aromatic rings. The number of nitrogens with zero attached hydrogens (tertiary/aromatic N) is 1. The van der Waals surface area contributed by atoms with Crippen LogP contribution in [0, 0.1) is 27.7 Å². The maximum atomic E-state index is 13.1.